The number of rotatable bonds is 10. The summed E-state index contributed by atoms with van der Waals surface area (Å²) >= 11 is 0. The summed E-state index contributed by atoms with van der Waals surface area (Å²) in [5.74, 6) is -1.75. The van der Waals surface area contributed by atoms with Gasteiger partial charge in [-0.25, -0.2) is 4.79 Å². The zero-order chi connectivity index (χ0) is 17.4. The average molecular weight is 318 g/mol. The van der Waals surface area contributed by atoms with Gasteiger partial charge >= 0.3 is 5.97 Å². The molecule has 3 atom stereocenters. The van der Waals surface area contributed by atoms with E-state index in [2.05, 4.69) is 0 Å². The number of hydrogen-bond acceptors (Lipinski definition) is 3. The first kappa shape index (κ1) is 19.1. The quantitative estimate of drug-likeness (QED) is 0.670. The number of Topliss-reactive ketones (excluding diaryl/α,β-unsaturated/α-hetero) is 2. The van der Waals surface area contributed by atoms with Crippen molar-refractivity contribution in [1.29, 1.82) is 0 Å². The zero-order valence-electron chi connectivity index (χ0n) is 14.1. The molecular weight excluding hydrogens is 292 g/mol. The fourth-order valence-electron chi connectivity index (χ4n) is 2.68. The molecule has 0 aliphatic rings. The van der Waals surface area contributed by atoms with E-state index in [9.17, 15) is 14.4 Å². The highest BCUT2D eigenvalue weighted by molar-refractivity contribution is 6.32. The van der Waals surface area contributed by atoms with E-state index in [0.29, 0.717) is 0 Å². The van der Waals surface area contributed by atoms with Gasteiger partial charge in [0.2, 0.25) is 5.78 Å². The molecule has 1 aromatic rings. The molecular formula is C19H26O4. The lowest BCUT2D eigenvalue weighted by atomic mass is 9.83. The lowest BCUT2D eigenvalue weighted by Gasteiger charge is -2.21. The Labute approximate surface area is 137 Å². The van der Waals surface area contributed by atoms with Crippen LogP contribution in [0.1, 0.15) is 45.6 Å². The van der Waals surface area contributed by atoms with Gasteiger partial charge in [0.1, 0.15) is 5.78 Å². The summed E-state index contributed by atoms with van der Waals surface area (Å²) in [6.45, 7) is 5.53. The van der Waals surface area contributed by atoms with Gasteiger partial charge in [-0.05, 0) is 43.6 Å². The van der Waals surface area contributed by atoms with Crippen LogP contribution >= 0.6 is 0 Å². The standard InChI is InChI=1S/C19H26O4/c1-13(14(2)11-18(21)19(22)23)9-10-17(15(3)20)12-16-7-5-4-6-8-16/h4-8,13-14,17H,9-12H2,1-3H3,(H,22,23). The third kappa shape index (κ3) is 6.76. The lowest BCUT2D eigenvalue weighted by molar-refractivity contribution is -0.149. The van der Waals surface area contributed by atoms with Crippen molar-refractivity contribution < 1.29 is 19.5 Å². The summed E-state index contributed by atoms with van der Waals surface area (Å²) in [7, 11) is 0. The Morgan fingerprint density at radius 1 is 1.00 bits per heavy atom. The van der Waals surface area contributed by atoms with Crippen molar-refractivity contribution in [3.63, 3.8) is 0 Å². The molecule has 1 aromatic carbocycles. The van der Waals surface area contributed by atoms with E-state index in [1.807, 2.05) is 44.2 Å². The Morgan fingerprint density at radius 2 is 1.61 bits per heavy atom. The van der Waals surface area contributed by atoms with Gasteiger partial charge in [-0.2, -0.15) is 0 Å². The molecule has 0 aliphatic carbocycles. The molecule has 4 heteroatoms. The van der Waals surface area contributed by atoms with Crippen molar-refractivity contribution in [3.8, 4) is 0 Å². The van der Waals surface area contributed by atoms with E-state index in [-0.39, 0.29) is 30.0 Å². The van der Waals surface area contributed by atoms with Crippen LogP contribution < -0.4 is 0 Å². The van der Waals surface area contributed by atoms with Gasteiger partial charge in [0, 0.05) is 12.3 Å². The van der Waals surface area contributed by atoms with Crippen molar-refractivity contribution in [1.82, 2.24) is 0 Å². The Kier molecular flexibility index (Phi) is 7.66. The predicted octanol–water partition coefficient (Wildman–Crippen LogP) is 3.53. The van der Waals surface area contributed by atoms with Crippen LogP contribution in [0.15, 0.2) is 30.3 Å². The van der Waals surface area contributed by atoms with Crippen molar-refractivity contribution in [2.24, 2.45) is 17.8 Å². The monoisotopic (exact) mass is 318 g/mol. The molecule has 0 amide bonds. The number of carbonyl (C=O) groups excluding carboxylic acids is 2. The van der Waals surface area contributed by atoms with Gasteiger partial charge < -0.3 is 5.11 Å². The molecule has 0 saturated carbocycles. The normalized spacial score (nSPS) is 14.7. The maximum absolute atomic E-state index is 11.9. The lowest BCUT2D eigenvalue weighted by Crippen LogP contribution is -2.21. The second-order valence-corrected chi connectivity index (χ2v) is 6.46. The van der Waals surface area contributed by atoms with E-state index in [0.717, 1.165) is 24.8 Å². The van der Waals surface area contributed by atoms with Gasteiger partial charge in [0.15, 0.2) is 0 Å². The van der Waals surface area contributed by atoms with Gasteiger partial charge in [-0.15, -0.1) is 0 Å². The minimum absolute atomic E-state index is 0.00272. The van der Waals surface area contributed by atoms with Crippen molar-refractivity contribution in [2.45, 2.75) is 46.5 Å². The van der Waals surface area contributed by atoms with Gasteiger partial charge in [0.05, 0.1) is 0 Å². The maximum Gasteiger partial charge on any atom is 0.372 e. The van der Waals surface area contributed by atoms with Crippen LogP contribution in [-0.2, 0) is 20.8 Å². The molecule has 126 valence electrons. The van der Waals surface area contributed by atoms with Crippen LogP contribution in [0.3, 0.4) is 0 Å². The SMILES string of the molecule is CC(=O)C(CCC(C)C(C)CC(=O)C(=O)O)Cc1ccccc1. The molecule has 0 bridgehead atoms. The number of carboxylic acids is 1. The smallest absolute Gasteiger partial charge is 0.372 e. The molecule has 23 heavy (non-hydrogen) atoms. The van der Waals surface area contributed by atoms with E-state index < -0.39 is 11.8 Å². The summed E-state index contributed by atoms with van der Waals surface area (Å²) < 4.78 is 0. The first-order valence-electron chi connectivity index (χ1n) is 8.11. The molecule has 0 radical (unpaired) electrons. The first-order valence-corrected chi connectivity index (χ1v) is 8.11. The number of carboxylic acid groups (broad SMARTS) is 1. The summed E-state index contributed by atoms with van der Waals surface area (Å²) in [5, 5.41) is 8.67. The number of carbonyl (C=O) groups is 3. The Hall–Kier alpha value is -1.97. The van der Waals surface area contributed by atoms with E-state index in [1.165, 1.54) is 0 Å². The predicted molar refractivity (Wildman–Crippen MR) is 89.1 cm³/mol. The Bertz CT molecular complexity index is 536. The molecule has 1 rings (SSSR count). The Balaban J connectivity index is 2.53. The number of ketones is 2. The minimum Gasteiger partial charge on any atom is -0.476 e. The van der Waals surface area contributed by atoms with Crippen molar-refractivity contribution in [2.75, 3.05) is 0 Å². The van der Waals surface area contributed by atoms with Crippen molar-refractivity contribution >= 4 is 17.5 Å². The zero-order valence-corrected chi connectivity index (χ0v) is 14.1. The van der Waals surface area contributed by atoms with Gasteiger partial charge in [-0.3, -0.25) is 9.59 Å². The highest BCUT2D eigenvalue weighted by Crippen LogP contribution is 2.24. The average Bonchev–Trinajstić information content (AvgIpc) is 2.51. The van der Waals surface area contributed by atoms with Gasteiger partial charge in [-0.1, -0.05) is 44.2 Å². The number of benzene rings is 1. The summed E-state index contributed by atoms with van der Waals surface area (Å²) in [6.07, 6.45) is 2.35. The molecule has 4 nitrogen and oxygen atoms in total. The third-order valence-electron chi connectivity index (χ3n) is 4.59. The van der Waals surface area contributed by atoms with Crippen LogP contribution in [0.5, 0.6) is 0 Å². The molecule has 0 aromatic heterocycles. The molecule has 0 saturated heterocycles. The van der Waals surface area contributed by atoms with Crippen LogP contribution in [0.2, 0.25) is 0 Å². The van der Waals surface area contributed by atoms with Crippen molar-refractivity contribution in [3.05, 3.63) is 35.9 Å². The molecule has 0 aliphatic heterocycles. The summed E-state index contributed by atoms with van der Waals surface area (Å²) in [6, 6.07) is 9.93. The molecule has 1 N–H and O–H groups in total. The van der Waals surface area contributed by atoms with Crippen LogP contribution in [-0.4, -0.2) is 22.6 Å². The minimum atomic E-state index is -1.37. The molecule has 0 fully saturated rings. The van der Waals surface area contributed by atoms with Gasteiger partial charge in [0.25, 0.3) is 0 Å². The molecule has 0 spiro atoms. The van der Waals surface area contributed by atoms with Crippen LogP contribution in [0, 0.1) is 17.8 Å². The second kappa shape index (κ2) is 9.23. The highest BCUT2D eigenvalue weighted by Gasteiger charge is 2.22. The van der Waals surface area contributed by atoms with E-state index in [1.54, 1.807) is 6.92 Å². The summed E-state index contributed by atoms with van der Waals surface area (Å²) in [5.41, 5.74) is 1.15. The van der Waals surface area contributed by atoms with Crippen LogP contribution in [0.4, 0.5) is 0 Å². The van der Waals surface area contributed by atoms with E-state index in [4.69, 9.17) is 5.11 Å². The van der Waals surface area contributed by atoms with Crippen LogP contribution in [0.25, 0.3) is 0 Å². The molecule has 0 heterocycles. The number of hydrogen-bond donors (Lipinski definition) is 1. The fourth-order valence-corrected chi connectivity index (χ4v) is 2.68. The fraction of sp³-hybridized carbons (Fsp3) is 0.526. The summed E-state index contributed by atoms with van der Waals surface area (Å²) in [4.78, 5) is 33.8. The molecule has 3 unspecified atom stereocenters. The largest absolute Gasteiger partial charge is 0.476 e. The second-order valence-electron chi connectivity index (χ2n) is 6.46. The topological polar surface area (TPSA) is 71.4 Å². The van der Waals surface area contributed by atoms with E-state index >= 15 is 0 Å². The number of aliphatic carboxylic acids is 1. The highest BCUT2D eigenvalue weighted by atomic mass is 16.4. The third-order valence-corrected chi connectivity index (χ3v) is 4.59. The Morgan fingerprint density at radius 3 is 2.13 bits per heavy atom. The maximum atomic E-state index is 11.9. The first-order chi connectivity index (χ1) is 10.8.